The highest BCUT2D eigenvalue weighted by molar-refractivity contribution is 5.67. The summed E-state index contributed by atoms with van der Waals surface area (Å²) in [5.74, 6) is 0. The van der Waals surface area contributed by atoms with Gasteiger partial charge in [-0.1, -0.05) is 30.3 Å². The first-order chi connectivity index (χ1) is 11.0. The molecule has 1 aromatic carbocycles. The molecule has 1 N–H and O–H groups in total. The van der Waals surface area contributed by atoms with Gasteiger partial charge < -0.3 is 10.1 Å². The number of amides is 1. The van der Waals surface area contributed by atoms with Crippen molar-refractivity contribution in [1.82, 2.24) is 15.1 Å². The first-order valence-corrected chi connectivity index (χ1v) is 7.12. The van der Waals surface area contributed by atoms with Crippen LogP contribution in [0.3, 0.4) is 0 Å². The van der Waals surface area contributed by atoms with E-state index in [1.807, 2.05) is 30.3 Å². The molecule has 23 heavy (non-hydrogen) atoms. The van der Waals surface area contributed by atoms with Gasteiger partial charge in [0.15, 0.2) is 0 Å². The van der Waals surface area contributed by atoms with Crippen molar-refractivity contribution in [3.8, 4) is 0 Å². The van der Waals surface area contributed by atoms with Gasteiger partial charge in [-0.15, -0.1) is 0 Å². The summed E-state index contributed by atoms with van der Waals surface area (Å²) in [7, 11) is 0. The van der Waals surface area contributed by atoms with Gasteiger partial charge in [0.2, 0.25) is 0 Å². The average Bonchev–Trinajstić information content (AvgIpc) is 2.80. The van der Waals surface area contributed by atoms with Crippen LogP contribution in [0.1, 0.15) is 17.0 Å². The smallest absolute Gasteiger partial charge is 0.407 e. The normalized spacial score (nSPS) is 10.3. The van der Waals surface area contributed by atoms with Crippen LogP contribution in [-0.4, -0.2) is 27.3 Å². The maximum atomic E-state index is 11.6. The Bertz CT molecular complexity index is 697. The summed E-state index contributed by atoms with van der Waals surface area (Å²) in [5.41, 5.74) is 1.74. The quantitative estimate of drug-likeness (QED) is 0.651. The van der Waals surface area contributed by atoms with Gasteiger partial charge in [0.05, 0.1) is 11.5 Å². The molecule has 0 bridgehead atoms. The largest absolute Gasteiger partial charge is 0.445 e. The molecule has 122 valence electrons. The van der Waals surface area contributed by atoms with E-state index in [4.69, 9.17) is 4.74 Å². The second-order valence-corrected chi connectivity index (χ2v) is 4.99. The Morgan fingerprint density at radius 2 is 2.04 bits per heavy atom. The van der Waals surface area contributed by atoms with Crippen molar-refractivity contribution in [3.63, 3.8) is 0 Å². The van der Waals surface area contributed by atoms with Gasteiger partial charge >= 0.3 is 11.8 Å². The van der Waals surface area contributed by atoms with E-state index in [2.05, 4.69) is 10.4 Å². The minimum absolute atomic E-state index is 0.0108. The molecule has 0 aliphatic rings. The summed E-state index contributed by atoms with van der Waals surface area (Å²) in [6.45, 7) is 4.01. The van der Waals surface area contributed by atoms with E-state index in [1.54, 1.807) is 13.8 Å². The first kappa shape index (κ1) is 16.5. The van der Waals surface area contributed by atoms with E-state index in [0.717, 1.165) is 5.56 Å². The number of aryl methyl sites for hydroxylation is 1. The molecule has 0 fully saturated rings. The summed E-state index contributed by atoms with van der Waals surface area (Å²) in [4.78, 5) is 22.1. The van der Waals surface area contributed by atoms with Gasteiger partial charge in [0, 0.05) is 6.54 Å². The number of hydrogen-bond acceptors (Lipinski definition) is 5. The number of aromatic nitrogens is 2. The lowest BCUT2D eigenvalue weighted by Crippen LogP contribution is -2.28. The van der Waals surface area contributed by atoms with Crippen LogP contribution in [0, 0.1) is 24.0 Å². The van der Waals surface area contributed by atoms with Crippen molar-refractivity contribution in [2.24, 2.45) is 0 Å². The topological polar surface area (TPSA) is 99.3 Å². The third-order valence-corrected chi connectivity index (χ3v) is 3.33. The lowest BCUT2D eigenvalue weighted by molar-refractivity contribution is -0.386. The zero-order valence-corrected chi connectivity index (χ0v) is 13.0. The standard InChI is InChI=1S/C15H18N4O4/c1-11-14(19(21)22)12(2)18(17-11)9-8-16-15(20)23-10-13-6-4-3-5-7-13/h3-7H,8-10H2,1-2H3,(H,16,20). The zero-order chi connectivity index (χ0) is 16.8. The van der Waals surface area contributed by atoms with Crippen molar-refractivity contribution in [3.05, 3.63) is 57.4 Å². The Morgan fingerprint density at radius 1 is 1.35 bits per heavy atom. The van der Waals surface area contributed by atoms with Crippen molar-refractivity contribution in [2.75, 3.05) is 6.54 Å². The monoisotopic (exact) mass is 318 g/mol. The average molecular weight is 318 g/mol. The van der Waals surface area contributed by atoms with Gasteiger partial charge in [-0.25, -0.2) is 4.79 Å². The highest BCUT2D eigenvalue weighted by Gasteiger charge is 2.21. The van der Waals surface area contributed by atoms with Gasteiger partial charge in [-0.05, 0) is 19.4 Å². The van der Waals surface area contributed by atoms with Gasteiger partial charge in [0.1, 0.15) is 18.0 Å². The number of nitro groups is 1. The number of alkyl carbamates (subject to hydrolysis) is 1. The van der Waals surface area contributed by atoms with Gasteiger partial charge in [0.25, 0.3) is 0 Å². The molecule has 0 saturated carbocycles. The van der Waals surface area contributed by atoms with E-state index >= 15 is 0 Å². The SMILES string of the molecule is Cc1nn(CCNC(=O)OCc2ccccc2)c(C)c1[N+](=O)[O-]. The number of carbonyl (C=O) groups excluding carboxylic acids is 1. The summed E-state index contributed by atoms with van der Waals surface area (Å²) in [5, 5.41) is 17.6. The molecular weight excluding hydrogens is 300 g/mol. The molecule has 0 saturated heterocycles. The fraction of sp³-hybridized carbons (Fsp3) is 0.333. The van der Waals surface area contributed by atoms with Crippen LogP contribution in [-0.2, 0) is 17.9 Å². The fourth-order valence-corrected chi connectivity index (χ4v) is 2.21. The molecule has 2 rings (SSSR count). The van der Waals surface area contributed by atoms with Gasteiger partial charge in [-0.2, -0.15) is 5.10 Å². The number of carbonyl (C=O) groups is 1. The van der Waals surface area contributed by atoms with Crippen LogP contribution in [0.4, 0.5) is 10.5 Å². The van der Waals surface area contributed by atoms with Crippen LogP contribution in [0.15, 0.2) is 30.3 Å². The number of nitrogens with one attached hydrogen (secondary N) is 1. The molecule has 1 heterocycles. The number of hydrogen-bond donors (Lipinski definition) is 1. The van der Waals surface area contributed by atoms with Crippen molar-refractivity contribution in [2.45, 2.75) is 27.0 Å². The molecule has 8 nitrogen and oxygen atoms in total. The van der Waals surface area contributed by atoms with Crippen LogP contribution >= 0.6 is 0 Å². The third-order valence-electron chi connectivity index (χ3n) is 3.33. The van der Waals surface area contributed by atoms with E-state index in [0.29, 0.717) is 17.9 Å². The number of ether oxygens (including phenoxy) is 1. The molecule has 0 unspecified atom stereocenters. The highest BCUT2D eigenvalue weighted by Crippen LogP contribution is 2.21. The van der Waals surface area contributed by atoms with E-state index in [-0.39, 0.29) is 18.8 Å². The van der Waals surface area contributed by atoms with Crippen molar-refractivity contribution >= 4 is 11.8 Å². The van der Waals surface area contributed by atoms with Crippen LogP contribution < -0.4 is 5.32 Å². The van der Waals surface area contributed by atoms with E-state index in [9.17, 15) is 14.9 Å². The van der Waals surface area contributed by atoms with Crippen molar-refractivity contribution < 1.29 is 14.5 Å². The maximum absolute atomic E-state index is 11.6. The molecule has 8 heteroatoms. The molecule has 2 aromatic rings. The van der Waals surface area contributed by atoms with Crippen LogP contribution in [0.25, 0.3) is 0 Å². The maximum Gasteiger partial charge on any atom is 0.407 e. The molecule has 1 aromatic heterocycles. The minimum atomic E-state index is -0.537. The number of benzene rings is 1. The third kappa shape index (κ3) is 4.29. The molecule has 0 aliphatic heterocycles. The zero-order valence-electron chi connectivity index (χ0n) is 13.0. The summed E-state index contributed by atoms with van der Waals surface area (Å²) in [6, 6.07) is 9.35. The molecule has 1 amide bonds. The Labute approximate surface area is 133 Å². The lowest BCUT2D eigenvalue weighted by Gasteiger charge is -2.08. The minimum Gasteiger partial charge on any atom is -0.445 e. The Morgan fingerprint density at radius 3 is 2.65 bits per heavy atom. The molecular formula is C15H18N4O4. The number of nitrogens with zero attached hydrogens (tertiary/aromatic N) is 3. The Kier molecular flexibility index (Phi) is 5.29. The van der Waals surface area contributed by atoms with Crippen LogP contribution in [0.5, 0.6) is 0 Å². The fourth-order valence-electron chi connectivity index (χ4n) is 2.21. The second kappa shape index (κ2) is 7.39. The van der Waals surface area contributed by atoms with Gasteiger partial charge in [-0.3, -0.25) is 14.8 Å². The van der Waals surface area contributed by atoms with Crippen molar-refractivity contribution in [1.29, 1.82) is 0 Å². The molecule has 0 atom stereocenters. The highest BCUT2D eigenvalue weighted by atomic mass is 16.6. The van der Waals surface area contributed by atoms with E-state index in [1.165, 1.54) is 4.68 Å². The predicted molar refractivity (Wildman–Crippen MR) is 83.0 cm³/mol. The molecule has 0 radical (unpaired) electrons. The molecule has 0 spiro atoms. The lowest BCUT2D eigenvalue weighted by atomic mass is 10.2. The van der Waals surface area contributed by atoms with Crippen LogP contribution in [0.2, 0.25) is 0 Å². The second-order valence-electron chi connectivity index (χ2n) is 4.99. The summed E-state index contributed by atoms with van der Waals surface area (Å²) < 4.78 is 6.58. The van der Waals surface area contributed by atoms with E-state index < -0.39 is 11.0 Å². The Hall–Kier alpha value is -2.90. The predicted octanol–water partition coefficient (Wildman–Crippen LogP) is 2.33. The molecule has 0 aliphatic carbocycles. The Balaban J connectivity index is 1.80. The number of rotatable bonds is 6. The first-order valence-electron chi connectivity index (χ1n) is 7.12. The summed E-state index contributed by atoms with van der Waals surface area (Å²) >= 11 is 0. The summed E-state index contributed by atoms with van der Waals surface area (Å²) in [6.07, 6.45) is -0.537.